The molecule has 8 nitrogen and oxygen atoms in total. The summed E-state index contributed by atoms with van der Waals surface area (Å²) in [7, 11) is 0. The van der Waals surface area contributed by atoms with E-state index in [1.54, 1.807) is 10.9 Å². The average Bonchev–Trinajstić information content (AvgIpc) is 3.22. The summed E-state index contributed by atoms with van der Waals surface area (Å²) in [6.07, 6.45) is 8.02. The molecule has 0 spiro atoms. The molecule has 0 aliphatic heterocycles. The molecular formula is C28H34N6O2. The van der Waals surface area contributed by atoms with Crippen LogP contribution in [0.4, 0.5) is 0 Å². The molecule has 0 saturated heterocycles. The van der Waals surface area contributed by atoms with Crippen molar-refractivity contribution in [1.82, 2.24) is 15.0 Å². The highest BCUT2D eigenvalue weighted by molar-refractivity contribution is 5.48. The van der Waals surface area contributed by atoms with Crippen LogP contribution in [0.1, 0.15) is 80.6 Å². The van der Waals surface area contributed by atoms with Crippen LogP contribution in [0.25, 0.3) is 10.4 Å². The van der Waals surface area contributed by atoms with Crippen LogP contribution in [0.5, 0.6) is 11.5 Å². The molecule has 3 rings (SSSR count). The fourth-order valence-electron chi connectivity index (χ4n) is 3.98. The molecule has 2 N–H and O–H groups in total. The molecule has 0 unspecified atom stereocenters. The molecule has 0 fully saturated rings. The van der Waals surface area contributed by atoms with E-state index in [9.17, 15) is 10.2 Å². The van der Waals surface area contributed by atoms with Crippen molar-refractivity contribution in [3.8, 4) is 23.8 Å². The Hall–Kier alpha value is -3.95. The highest BCUT2D eigenvalue weighted by Gasteiger charge is 2.21. The third-order valence-electron chi connectivity index (χ3n) is 6.15. The van der Waals surface area contributed by atoms with Gasteiger partial charge in [0.05, 0.1) is 18.8 Å². The van der Waals surface area contributed by atoms with E-state index in [-0.39, 0.29) is 28.9 Å². The quantitative estimate of drug-likeness (QED) is 0.187. The van der Waals surface area contributed by atoms with E-state index in [0.29, 0.717) is 36.2 Å². The third-order valence-corrected chi connectivity index (χ3v) is 6.15. The van der Waals surface area contributed by atoms with Gasteiger partial charge in [-0.2, -0.15) is 0 Å². The fraction of sp³-hybridized carbons (Fsp3) is 0.429. The van der Waals surface area contributed by atoms with Crippen LogP contribution in [-0.2, 0) is 36.8 Å². The summed E-state index contributed by atoms with van der Waals surface area (Å²) in [4.78, 5) is 2.82. The number of phenolic OH excluding ortho intramolecular Hbond substituents is 2. The molecule has 0 aliphatic rings. The van der Waals surface area contributed by atoms with Gasteiger partial charge < -0.3 is 10.2 Å². The van der Waals surface area contributed by atoms with Crippen LogP contribution in [0.15, 0.2) is 35.6 Å². The van der Waals surface area contributed by atoms with Crippen molar-refractivity contribution in [2.75, 3.05) is 0 Å². The number of terminal acetylenes is 1. The molecule has 1 heterocycles. The van der Waals surface area contributed by atoms with Gasteiger partial charge in [0.2, 0.25) is 0 Å². The van der Waals surface area contributed by atoms with Gasteiger partial charge in [0.1, 0.15) is 11.5 Å². The van der Waals surface area contributed by atoms with Gasteiger partial charge in [-0.25, -0.2) is 4.68 Å². The fourth-order valence-corrected chi connectivity index (χ4v) is 3.98. The van der Waals surface area contributed by atoms with E-state index < -0.39 is 0 Å². The highest BCUT2D eigenvalue weighted by Crippen LogP contribution is 2.34. The first-order valence-electron chi connectivity index (χ1n) is 11.9. The number of aromatic nitrogens is 3. The van der Waals surface area contributed by atoms with E-state index >= 15 is 0 Å². The summed E-state index contributed by atoms with van der Waals surface area (Å²) in [5, 5.41) is 33.9. The first-order chi connectivity index (χ1) is 16.8. The average molecular weight is 487 g/mol. The third kappa shape index (κ3) is 6.18. The second-order valence-corrected chi connectivity index (χ2v) is 11.1. The maximum atomic E-state index is 10.8. The van der Waals surface area contributed by atoms with Crippen LogP contribution in [0, 0.1) is 12.3 Å². The molecule has 36 heavy (non-hydrogen) atoms. The molecule has 188 valence electrons. The van der Waals surface area contributed by atoms with Crippen LogP contribution in [0.2, 0.25) is 0 Å². The van der Waals surface area contributed by atoms with Crippen LogP contribution < -0.4 is 0 Å². The zero-order chi connectivity index (χ0) is 26.7. The standard InChI is InChI=1S/C28H34N6O2/c1-8-9-18-10-22(27(2,3)4)13-21(25(18)35)16-34-17-24(31-33-34)14-19-11-23(28(5,6)7)12-20(26(19)36)15-30-32-29/h1,10-13,17,35-36H,9,14-16H2,2-7H3. The lowest BCUT2D eigenvalue weighted by molar-refractivity contribution is 0.456. The van der Waals surface area contributed by atoms with Crippen LogP contribution in [-0.4, -0.2) is 25.2 Å². The van der Waals surface area contributed by atoms with E-state index in [0.717, 1.165) is 22.3 Å². The molecule has 3 aromatic rings. The second kappa shape index (κ2) is 10.3. The number of hydrogen-bond donors (Lipinski definition) is 2. The molecule has 0 atom stereocenters. The highest BCUT2D eigenvalue weighted by atomic mass is 16.3. The zero-order valence-corrected chi connectivity index (χ0v) is 21.9. The van der Waals surface area contributed by atoms with Crippen LogP contribution >= 0.6 is 0 Å². The second-order valence-electron chi connectivity index (χ2n) is 11.1. The minimum atomic E-state index is -0.156. The van der Waals surface area contributed by atoms with Crippen molar-refractivity contribution < 1.29 is 10.2 Å². The van der Waals surface area contributed by atoms with Crippen LogP contribution in [0.3, 0.4) is 0 Å². The predicted molar refractivity (Wildman–Crippen MR) is 141 cm³/mol. The number of hydrogen-bond acceptors (Lipinski definition) is 5. The summed E-state index contributed by atoms with van der Waals surface area (Å²) in [6.45, 7) is 13.0. The summed E-state index contributed by atoms with van der Waals surface area (Å²) in [5.41, 5.74) is 13.9. The molecule has 0 bridgehead atoms. The van der Waals surface area contributed by atoms with E-state index in [2.05, 4.69) is 67.8 Å². The first kappa shape index (κ1) is 26.7. The molecule has 8 heteroatoms. The summed E-state index contributed by atoms with van der Waals surface area (Å²) in [6, 6.07) is 7.78. The van der Waals surface area contributed by atoms with Crippen molar-refractivity contribution in [2.24, 2.45) is 5.11 Å². The van der Waals surface area contributed by atoms with Crippen molar-refractivity contribution in [3.05, 3.63) is 80.0 Å². The van der Waals surface area contributed by atoms with Gasteiger partial charge in [-0.3, -0.25) is 0 Å². The van der Waals surface area contributed by atoms with Gasteiger partial charge in [-0.1, -0.05) is 70.1 Å². The lowest BCUT2D eigenvalue weighted by Gasteiger charge is -2.22. The minimum absolute atomic E-state index is 0.0648. The number of benzene rings is 2. The lowest BCUT2D eigenvalue weighted by Crippen LogP contribution is -2.13. The van der Waals surface area contributed by atoms with E-state index in [4.69, 9.17) is 12.0 Å². The largest absolute Gasteiger partial charge is 0.507 e. The minimum Gasteiger partial charge on any atom is -0.507 e. The van der Waals surface area contributed by atoms with Gasteiger partial charge in [-0.15, -0.1) is 17.4 Å². The Kier molecular flexibility index (Phi) is 7.66. The molecule has 0 amide bonds. The number of rotatable bonds is 7. The molecule has 0 radical (unpaired) electrons. The molecule has 1 aromatic heterocycles. The predicted octanol–water partition coefficient (Wildman–Crippen LogP) is 5.91. The van der Waals surface area contributed by atoms with E-state index in [1.165, 1.54) is 0 Å². The molecule has 0 aliphatic carbocycles. The molecule has 2 aromatic carbocycles. The Bertz CT molecular complexity index is 1350. The van der Waals surface area contributed by atoms with Crippen molar-refractivity contribution >= 4 is 0 Å². The lowest BCUT2D eigenvalue weighted by atomic mass is 9.84. The van der Waals surface area contributed by atoms with Gasteiger partial charge in [-0.05, 0) is 33.6 Å². The smallest absolute Gasteiger partial charge is 0.124 e. The van der Waals surface area contributed by atoms with Gasteiger partial charge >= 0.3 is 0 Å². The molecule has 0 saturated carbocycles. The number of phenols is 2. The van der Waals surface area contributed by atoms with E-state index in [1.807, 2.05) is 24.3 Å². The zero-order valence-electron chi connectivity index (χ0n) is 21.9. The SMILES string of the molecule is C#CCc1cc(C(C)(C)C)cc(Cn2cc(Cc3cc(C(C)(C)C)cc(CN=[N+]=[N-])c3O)nn2)c1O. The monoisotopic (exact) mass is 486 g/mol. The Morgan fingerprint density at radius 3 is 2.08 bits per heavy atom. The maximum absolute atomic E-state index is 10.8. The Labute approximate surface area is 212 Å². The first-order valence-corrected chi connectivity index (χ1v) is 11.9. The van der Waals surface area contributed by atoms with Gasteiger partial charge in [0.15, 0.2) is 0 Å². The Balaban J connectivity index is 1.94. The van der Waals surface area contributed by atoms with Gasteiger partial charge in [0.25, 0.3) is 0 Å². The van der Waals surface area contributed by atoms with Gasteiger partial charge in [0, 0.05) is 46.2 Å². The summed E-state index contributed by atoms with van der Waals surface area (Å²) in [5.74, 6) is 2.89. The normalized spacial score (nSPS) is 11.7. The topological polar surface area (TPSA) is 120 Å². The summed E-state index contributed by atoms with van der Waals surface area (Å²) >= 11 is 0. The molecular weight excluding hydrogens is 452 g/mol. The van der Waals surface area contributed by atoms with Crippen molar-refractivity contribution in [2.45, 2.75) is 78.3 Å². The number of azide groups is 1. The van der Waals surface area contributed by atoms with Crippen molar-refractivity contribution in [3.63, 3.8) is 0 Å². The Morgan fingerprint density at radius 2 is 1.50 bits per heavy atom. The number of aromatic hydroxyl groups is 2. The Morgan fingerprint density at radius 1 is 0.944 bits per heavy atom. The summed E-state index contributed by atoms with van der Waals surface area (Å²) < 4.78 is 1.67. The maximum Gasteiger partial charge on any atom is 0.124 e. The van der Waals surface area contributed by atoms with Crippen molar-refractivity contribution in [1.29, 1.82) is 0 Å². The number of nitrogens with zero attached hydrogens (tertiary/aromatic N) is 6.